The van der Waals surface area contributed by atoms with Crippen molar-refractivity contribution in [1.29, 1.82) is 0 Å². The Morgan fingerprint density at radius 2 is 1.75 bits per heavy atom. The zero-order valence-corrected chi connectivity index (χ0v) is 5.91. The van der Waals surface area contributed by atoms with Crippen LogP contribution in [0.15, 0.2) is 0 Å². The summed E-state index contributed by atoms with van der Waals surface area (Å²) in [7, 11) is 0. The number of hydrogen-bond donors (Lipinski definition) is 0. The topological polar surface area (TPSA) is 26.3 Å². The molecular formula is C5H5F5O2. The van der Waals surface area contributed by atoms with Gasteiger partial charge in [0, 0.05) is 6.92 Å². The summed E-state index contributed by atoms with van der Waals surface area (Å²) in [6, 6.07) is 0. The Morgan fingerprint density at radius 3 is 2.00 bits per heavy atom. The maximum atomic E-state index is 12.0. The van der Waals surface area contributed by atoms with Crippen LogP contribution >= 0.6 is 0 Å². The second-order valence-electron chi connectivity index (χ2n) is 1.95. The monoisotopic (exact) mass is 192 g/mol. The molecule has 2 nitrogen and oxygen atoms in total. The van der Waals surface area contributed by atoms with Crippen LogP contribution in [-0.2, 0) is 9.53 Å². The molecule has 7 heteroatoms. The summed E-state index contributed by atoms with van der Waals surface area (Å²) in [5.41, 5.74) is 0. The van der Waals surface area contributed by atoms with Crippen LogP contribution in [0.2, 0.25) is 0 Å². The number of alkyl halides is 5. The summed E-state index contributed by atoms with van der Waals surface area (Å²) in [6.45, 7) is -2.07. The van der Waals surface area contributed by atoms with Crippen molar-refractivity contribution in [3.05, 3.63) is 0 Å². The molecule has 0 spiro atoms. The standard InChI is InChI=1S/C5H5F5O2/c1-3(11)12-5(9,10)4(7,8)2-6/h2H2,1H3. The molecule has 0 N–H and O–H groups in total. The minimum Gasteiger partial charge on any atom is -0.396 e. The van der Waals surface area contributed by atoms with E-state index in [0.29, 0.717) is 6.92 Å². The Labute approximate surface area is 64.3 Å². The van der Waals surface area contributed by atoms with Crippen molar-refractivity contribution in [2.24, 2.45) is 0 Å². The molecule has 0 unspecified atom stereocenters. The quantitative estimate of drug-likeness (QED) is 0.503. The molecule has 0 aromatic heterocycles. The lowest BCUT2D eigenvalue weighted by Crippen LogP contribution is -2.45. The van der Waals surface area contributed by atoms with E-state index >= 15 is 0 Å². The number of rotatable bonds is 3. The molecule has 0 aromatic rings. The van der Waals surface area contributed by atoms with Gasteiger partial charge in [-0.1, -0.05) is 0 Å². The first-order chi connectivity index (χ1) is 5.23. The largest absolute Gasteiger partial charge is 0.469 e. The number of carbonyl (C=O) groups is 1. The van der Waals surface area contributed by atoms with Crippen LogP contribution in [0.3, 0.4) is 0 Å². The zero-order chi connectivity index (χ0) is 9.99. The first-order valence-electron chi connectivity index (χ1n) is 2.74. The highest BCUT2D eigenvalue weighted by atomic mass is 19.3. The molecule has 0 amide bonds. The molecule has 0 aliphatic carbocycles. The fourth-order valence-electron chi connectivity index (χ4n) is 0.333. The predicted octanol–water partition coefficient (Wildman–Crippen LogP) is 1.75. The third kappa shape index (κ3) is 2.31. The fraction of sp³-hybridized carbons (Fsp3) is 0.800. The normalized spacial score (nSPS) is 12.8. The van der Waals surface area contributed by atoms with Gasteiger partial charge in [-0.25, -0.2) is 4.39 Å². The molecule has 0 radical (unpaired) electrons. The van der Waals surface area contributed by atoms with E-state index in [4.69, 9.17) is 0 Å². The van der Waals surface area contributed by atoms with Crippen molar-refractivity contribution in [3.8, 4) is 0 Å². The van der Waals surface area contributed by atoms with Crippen LogP contribution < -0.4 is 0 Å². The lowest BCUT2D eigenvalue weighted by molar-refractivity contribution is -0.332. The van der Waals surface area contributed by atoms with E-state index in [9.17, 15) is 26.7 Å². The highest BCUT2D eigenvalue weighted by Crippen LogP contribution is 2.35. The molecule has 0 aliphatic rings. The van der Waals surface area contributed by atoms with Crippen molar-refractivity contribution in [1.82, 2.24) is 0 Å². The lowest BCUT2D eigenvalue weighted by Gasteiger charge is -2.22. The van der Waals surface area contributed by atoms with E-state index in [1.807, 2.05) is 0 Å². The summed E-state index contributed by atoms with van der Waals surface area (Å²) in [5.74, 6) is -6.58. The molecule has 0 saturated carbocycles. The van der Waals surface area contributed by atoms with Gasteiger partial charge in [0.1, 0.15) is 0 Å². The van der Waals surface area contributed by atoms with Gasteiger partial charge in [-0.15, -0.1) is 0 Å². The fourth-order valence-corrected chi connectivity index (χ4v) is 0.333. The van der Waals surface area contributed by atoms with Gasteiger partial charge >= 0.3 is 18.0 Å². The van der Waals surface area contributed by atoms with Crippen LogP contribution in [0.25, 0.3) is 0 Å². The van der Waals surface area contributed by atoms with Crippen molar-refractivity contribution in [3.63, 3.8) is 0 Å². The average molecular weight is 192 g/mol. The third-order valence-electron chi connectivity index (χ3n) is 0.866. The minimum absolute atomic E-state index is 0.516. The van der Waals surface area contributed by atoms with Gasteiger partial charge < -0.3 is 4.74 Å². The van der Waals surface area contributed by atoms with Crippen molar-refractivity contribution >= 4 is 5.97 Å². The molecule has 0 saturated heterocycles. The third-order valence-corrected chi connectivity index (χ3v) is 0.866. The van der Waals surface area contributed by atoms with Crippen molar-refractivity contribution < 1.29 is 31.5 Å². The zero-order valence-electron chi connectivity index (χ0n) is 5.91. The number of esters is 1. The molecule has 72 valence electrons. The van der Waals surface area contributed by atoms with Crippen LogP contribution in [0.1, 0.15) is 6.92 Å². The lowest BCUT2D eigenvalue weighted by atomic mass is 10.3. The van der Waals surface area contributed by atoms with Crippen LogP contribution in [0.5, 0.6) is 0 Å². The first-order valence-corrected chi connectivity index (χ1v) is 2.74. The van der Waals surface area contributed by atoms with Crippen molar-refractivity contribution in [2.45, 2.75) is 19.0 Å². The van der Waals surface area contributed by atoms with Gasteiger partial charge in [0.15, 0.2) is 6.67 Å². The highest BCUT2D eigenvalue weighted by Gasteiger charge is 2.60. The predicted molar refractivity (Wildman–Crippen MR) is 27.6 cm³/mol. The van der Waals surface area contributed by atoms with Gasteiger partial charge in [0.25, 0.3) is 0 Å². The maximum Gasteiger partial charge on any atom is 0.469 e. The highest BCUT2D eigenvalue weighted by molar-refractivity contribution is 5.66. The Morgan fingerprint density at radius 1 is 1.33 bits per heavy atom. The Hall–Kier alpha value is -0.880. The van der Waals surface area contributed by atoms with E-state index in [-0.39, 0.29) is 0 Å². The minimum atomic E-state index is -5.09. The van der Waals surface area contributed by atoms with Gasteiger partial charge in [0.2, 0.25) is 0 Å². The second-order valence-corrected chi connectivity index (χ2v) is 1.95. The summed E-state index contributed by atoms with van der Waals surface area (Å²) >= 11 is 0. The number of ether oxygens (including phenoxy) is 1. The van der Waals surface area contributed by atoms with Crippen LogP contribution in [-0.4, -0.2) is 24.7 Å². The van der Waals surface area contributed by atoms with E-state index in [1.165, 1.54) is 0 Å². The van der Waals surface area contributed by atoms with E-state index < -0.39 is 24.7 Å². The van der Waals surface area contributed by atoms with E-state index in [0.717, 1.165) is 0 Å². The maximum absolute atomic E-state index is 12.0. The number of hydrogen-bond acceptors (Lipinski definition) is 2. The molecule has 0 rings (SSSR count). The second kappa shape index (κ2) is 3.24. The Bertz CT molecular complexity index is 179. The van der Waals surface area contributed by atoms with Gasteiger partial charge in [-0.2, -0.15) is 17.6 Å². The smallest absolute Gasteiger partial charge is 0.396 e. The van der Waals surface area contributed by atoms with Gasteiger partial charge in [0.05, 0.1) is 0 Å². The molecule has 0 aliphatic heterocycles. The van der Waals surface area contributed by atoms with Crippen molar-refractivity contribution in [2.75, 3.05) is 6.67 Å². The molecule has 0 heterocycles. The first kappa shape index (κ1) is 11.1. The van der Waals surface area contributed by atoms with E-state index in [2.05, 4.69) is 4.74 Å². The molecule has 0 fully saturated rings. The number of halogens is 5. The van der Waals surface area contributed by atoms with E-state index in [1.54, 1.807) is 0 Å². The SMILES string of the molecule is CC(=O)OC(F)(F)C(F)(F)CF. The summed E-state index contributed by atoms with van der Waals surface area (Å²) in [4.78, 5) is 9.86. The van der Waals surface area contributed by atoms with Gasteiger partial charge in [-0.05, 0) is 0 Å². The van der Waals surface area contributed by atoms with Crippen LogP contribution in [0.4, 0.5) is 22.0 Å². The molecule has 0 bridgehead atoms. The number of carbonyl (C=O) groups excluding carboxylic acids is 1. The Kier molecular flexibility index (Phi) is 3.00. The summed E-state index contributed by atoms with van der Waals surface area (Å²) in [5, 5.41) is 0. The average Bonchev–Trinajstić information content (AvgIpc) is 1.84. The molecular weight excluding hydrogens is 187 g/mol. The summed E-state index contributed by atoms with van der Waals surface area (Å²) in [6.07, 6.45) is -5.09. The summed E-state index contributed by atoms with van der Waals surface area (Å²) < 4.78 is 62.0. The Balaban J connectivity index is 4.48. The molecule has 12 heavy (non-hydrogen) atoms. The molecule has 0 aromatic carbocycles. The molecule has 0 atom stereocenters. The van der Waals surface area contributed by atoms with Gasteiger partial charge in [-0.3, -0.25) is 4.79 Å². The van der Waals surface area contributed by atoms with Crippen LogP contribution in [0, 0.1) is 0 Å².